The Morgan fingerprint density at radius 1 is 1.23 bits per heavy atom. The smallest absolute Gasteiger partial charge is 0.271 e. The summed E-state index contributed by atoms with van der Waals surface area (Å²) in [6, 6.07) is 12.0. The Bertz CT molecular complexity index is 797. The highest BCUT2D eigenvalue weighted by atomic mass is 16.5. The number of nitrogens with two attached hydrogens (primary N) is 1. The molecule has 4 N–H and O–H groups in total. The maximum absolute atomic E-state index is 11.0. The van der Waals surface area contributed by atoms with Gasteiger partial charge in [0.1, 0.15) is 28.2 Å². The molecule has 8 nitrogen and oxygen atoms in total. The van der Waals surface area contributed by atoms with Crippen molar-refractivity contribution >= 4 is 16.9 Å². The Morgan fingerprint density at radius 2 is 1.91 bits per heavy atom. The minimum Gasteiger partial charge on any atom is -0.505 e. The second-order valence-corrected chi connectivity index (χ2v) is 4.48. The average molecular weight is 299 g/mol. The van der Waals surface area contributed by atoms with Crippen molar-refractivity contribution in [1.82, 2.24) is 20.4 Å². The van der Waals surface area contributed by atoms with Crippen LogP contribution in [0.1, 0.15) is 0 Å². The number of carbonyl (C=O) groups excluding carboxylic acids is 1. The number of aromatic nitrogens is 3. The largest absolute Gasteiger partial charge is 0.505 e. The molecule has 0 bridgehead atoms. The highest BCUT2D eigenvalue weighted by Gasteiger charge is 2.10. The molecule has 0 saturated carbocycles. The summed E-state index contributed by atoms with van der Waals surface area (Å²) in [5.74, 6) is 4.76. The maximum atomic E-state index is 11.0. The summed E-state index contributed by atoms with van der Waals surface area (Å²) in [5, 5.41) is 18.7. The lowest BCUT2D eigenvalue weighted by molar-refractivity contribution is -0.123. The van der Waals surface area contributed by atoms with Crippen LogP contribution in [-0.2, 0) is 4.79 Å². The van der Waals surface area contributed by atoms with Crippen molar-refractivity contribution in [2.24, 2.45) is 5.84 Å². The van der Waals surface area contributed by atoms with Crippen molar-refractivity contribution in [2.75, 3.05) is 6.61 Å². The number of rotatable bonds is 4. The van der Waals surface area contributed by atoms with Gasteiger partial charge in [0.05, 0.1) is 0 Å². The minimum atomic E-state index is -0.469. The van der Waals surface area contributed by atoms with Gasteiger partial charge in [-0.25, -0.2) is 5.84 Å². The molecule has 22 heavy (non-hydrogen) atoms. The van der Waals surface area contributed by atoms with Crippen LogP contribution in [0.3, 0.4) is 0 Å². The van der Waals surface area contributed by atoms with E-state index in [4.69, 9.17) is 10.6 Å². The fourth-order valence-corrected chi connectivity index (χ4v) is 1.92. The standard InChI is InChI=1S/C14H13N5O3/c15-16-14(21)8-22-9-5-6-12(13(20)7-9)19-17-10-3-1-2-4-11(10)18-19/h1-7,20H,8,15H2,(H,16,21). The van der Waals surface area contributed by atoms with Crippen molar-refractivity contribution < 1.29 is 14.6 Å². The summed E-state index contributed by atoms with van der Waals surface area (Å²) < 4.78 is 5.19. The van der Waals surface area contributed by atoms with Crippen LogP contribution in [0.5, 0.6) is 11.5 Å². The molecule has 3 aromatic rings. The molecule has 0 radical (unpaired) electrons. The quantitative estimate of drug-likeness (QED) is 0.367. The summed E-state index contributed by atoms with van der Waals surface area (Å²) in [4.78, 5) is 12.4. The molecule has 0 aliphatic carbocycles. The summed E-state index contributed by atoms with van der Waals surface area (Å²) in [6.45, 7) is -0.237. The van der Waals surface area contributed by atoms with Gasteiger partial charge in [-0.05, 0) is 24.3 Å². The number of hydrogen-bond donors (Lipinski definition) is 3. The predicted molar refractivity (Wildman–Crippen MR) is 78.4 cm³/mol. The number of ether oxygens (including phenoxy) is 1. The Kier molecular flexibility index (Phi) is 3.58. The molecule has 3 rings (SSSR count). The topological polar surface area (TPSA) is 115 Å². The first-order valence-corrected chi connectivity index (χ1v) is 6.45. The van der Waals surface area contributed by atoms with Crippen LogP contribution in [0.2, 0.25) is 0 Å². The molecule has 0 unspecified atom stereocenters. The lowest BCUT2D eigenvalue weighted by atomic mass is 10.3. The SMILES string of the molecule is NNC(=O)COc1ccc(-n2nc3ccccc3n2)c(O)c1. The molecule has 0 aliphatic rings. The Morgan fingerprint density at radius 3 is 2.50 bits per heavy atom. The van der Waals surface area contributed by atoms with Gasteiger partial charge in [-0.2, -0.15) is 0 Å². The van der Waals surface area contributed by atoms with E-state index in [0.717, 1.165) is 11.0 Å². The Balaban J connectivity index is 1.87. The molecule has 1 heterocycles. The summed E-state index contributed by atoms with van der Waals surface area (Å²) in [7, 11) is 0. The molecule has 0 fully saturated rings. The lowest BCUT2D eigenvalue weighted by Crippen LogP contribution is -2.34. The molecule has 8 heteroatoms. The van der Waals surface area contributed by atoms with E-state index in [2.05, 4.69) is 10.2 Å². The van der Waals surface area contributed by atoms with Crippen molar-refractivity contribution in [1.29, 1.82) is 0 Å². The molecule has 2 aromatic carbocycles. The zero-order valence-corrected chi connectivity index (χ0v) is 11.4. The minimum absolute atomic E-state index is 0.0639. The lowest BCUT2D eigenvalue weighted by Gasteiger charge is -2.07. The summed E-state index contributed by atoms with van der Waals surface area (Å²) in [5.41, 5.74) is 3.81. The molecular formula is C14H13N5O3. The van der Waals surface area contributed by atoms with Crippen molar-refractivity contribution in [3.05, 3.63) is 42.5 Å². The molecule has 1 aromatic heterocycles. The van der Waals surface area contributed by atoms with Crippen LogP contribution in [0.15, 0.2) is 42.5 Å². The van der Waals surface area contributed by atoms with Gasteiger partial charge in [0.15, 0.2) is 6.61 Å². The van der Waals surface area contributed by atoms with Crippen molar-refractivity contribution in [2.45, 2.75) is 0 Å². The molecule has 0 aliphatic heterocycles. The maximum Gasteiger partial charge on any atom is 0.271 e. The Hall–Kier alpha value is -3.13. The third-order valence-corrected chi connectivity index (χ3v) is 2.98. The van der Waals surface area contributed by atoms with Crippen molar-refractivity contribution in [3.63, 3.8) is 0 Å². The van der Waals surface area contributed by atoms with E-state index in [-0.39, 0.29) is 12.4 Å². The third-order valence-electron chi connectivity index (χ3n) is 2.98. The van der Waals surface area contributed by atoms with Crippen LogP contribution >= 0.6 is 0 Å². The van der Waals surface area contributed by atoms with Gasteiger partial charge in [0.25, 0.3) is 5.91 Å². The zero-order valence-electron chi connectivity index (χ0n) is 11.4. The van der Waals surface area contributed by atoms with E-state index >= 15 is 0 Å². The van der Waals surface area contributed by atoms with E-state index in [1.807, 2.05) is 29.7 Å². The first kappa shape index (κ1) is 13.8. The first-order valence-electron chi connectivity index (χ1n) is 6.45. The van der Waals surface area contributed by atoms with E-state index in [9.17, 15) is 9.90 Å². The van der Waals surface area contributed by atoms with Crippen LogP contribution in [-0.4, -0.2) is 32.6 Å². The number of fused-ring (bicyclic) bond motifs is 1. The number of hydrogen-bond acceptors (Lipinski definition) is 6. The highest BCUT2D eigenvalue weighted by molar-refractivity contribution is 5.76. The zero-order chi connectivity index (χ0) is 15.5. The fraction of sp³-hybridized carbons (Fsp3) is 0.0714. The molecule has 0 spiro atoms. The van der Waals surface area contributed by atoms with Gasteiger partial charge >= 0.3 is 0 Å². The fourth-order valence-electron chi connectivity index (χ4n) is 1.92. The normalized spacial score (nSPS) is 10.6. The van der Waals surface area contributed by atoms with Crippen LogP contribution in [0, 0.1) is 0 Å². The number of phenolic OH excluding ortho intramolecular Hbond substituents is 1. The summed E-state index contributed by atoms with van der Waals surface area (Å²) >= 11 is 0. The van der Waals surface area contributed by atoms with E-state index in [0.29, 0.717) is 11.4 Å². The van der Waals surface area contributed by atoms with Gasteiger partial charge in [0.2, 0.25) is 0 Å². The van der Waals surface area contributed by atoms with Gasteiger partial charge in [-0.15, -0.1) is 15.0 Å². The number of aromatic hydroxyl groups is 1. The summed E-state index contributed by atoms with van der Waals surface area (Å²) in [6.07, 6.45) is 0. The van der Waals surface area contributed by atoms with Gasteiger partial charge in [-0.3, -0.25) is 10.2 Å². The number of amides is 1. The van der Waals surface area contributed by atoms with E-state index in [1.54, 1.807) is 12.1 Å². The number of phenols is 1. The molecule has 112 valence electrons. The monoisotopic (exact) mass is 299 g/mol. The van der Waals surface area contributed by atoms with Crippen molar-refractivity contribution in [3.8, 4) is 17.2 Å². The van der Waals surface area contributed by atoms with Crippen LogP contribution in [0.25, 0.3) is 16.7 Å². The van der Waals surface area contributed by atoms with E-state index < -0.39 is 5.91 Å². The van der Waals surface area contributed by atoms with Crippen LogP contribution in [0.4, 0.5) is 0 Å². The van der Waals surface area contributed by atoms with E-state index in [1.165, 1.54) is 10.9 Å². The average Bonchev–Trinajstić information content (AvgIpc) is 2.96. The number of carbonyl (C=O) groups is 1. The molecule has 1 amide bonds. The first-order chi connectivity index (χ1) is 10.7. The number of hydrazine groups is 1. The number of nitrogens with zero attached hydrogens (tertiary/aromatic N) is 3. The van der Waals surface area contributed by atoms with Gasteiger partial charge in [-0.1, -0.05) is 12.1 Å². The molecular weight excluding hydrogens is 286 g/mol. The number of nitrogens with one attached hydrogen (secondary N) is 1. The number of benzene rings is 2. The van der Waals surface area contributed by atoms with Crippen LogP contribution < -0.4 is 16.0 Å². The highest BCUT2D eigenvalue weighted by Crippen LogP contribution is 2.26. The van der Waals surface area contributed by atoms with Gasteiger partial charge in [0, 0.05) is 6.07 Å². The second kappa shape index (κ2) is 5.70. The second-order valence-electron chi connectivity index (χ2n) is 4.48. The molecule has 0 saturated heterocycles. The van der Waals surface area contributed by atoms with Gasteiger partial charge < -0.3 is 9.84 Å². The Labute approximate surface area is 125 Å². The predicted octanol–water partition coefficient (Wildman–Crippen LogP) is 0.495. The molecule has 0 atom stereocenters. The third kappa shape index (κ3) is 2.67.